The van der Waals surface area contributed by atoms with Crippen molar-refractivity contribution in [2.24, 2.45) is 0 Å². The van der Waals surface area contributed by atoms with Crippen LogP contribution in [0.25, 0.3) is 11.1 Å². The minimum absolute atomic E-state index is 0.0943. The van der Waals surface area contributed by atoms with Crippen LogP contribution >= 0.6 is 0 Å². The minimum Gasteiger partial charge on any atom is -0.502 e. The molecule has 0 unspecified atom stereocenters. The van der Waals surface area contributed by atoms with E-state index in [4.69, 9.17) is 9.68 Å². The lowest BCUT2D eigenvalue weighted by Gasteiger charge is -2.19. The van der Waals surface area contributed by atoms with E-state index in [2.05, 4.69) is 6.07 Å². The highest BCUT2D eigenvalue weighted by Gasteiger charge is 2.19. The molecule has 29 heavy (non-hydrogen) atoms. The van der Waals surface area contributed by atoms with Crippen LogP contribution < -0.4 is 5.43 Å². The molecule has 148 valence electrons. The molecular formula is C21H18N2O5S. The molecule has 0 aliphatic rings. The first kappa shape index (κ1) is 20.3. The van der Waals surface area contributed by atoms with Crippen molar-refractivity contribution in [2.75, 3.05) is 6.26 Å². The van der Waals surface area contributed by atoms with Crippen LogP contribution in [0.1, 0.15) is 16.9 Å². The topological polar surface area (TPSA) is 112 Å². The van der Waals surface area contributed by atoms with Crippen molar-refractivity contribution in [2.45, 2.75) is 13.1 Å². The van der Waals surface area contributed by atoms with Crippen LogP contribution in [0.5, 0.6) is 5.75 Å². The Bertz CT molecular complexity index is 1210. The van der Waals surface area contributed by atoms with E-state index in [1.807, 2.05) is 36.4 Å². The van der Waals surface area contributed by atoms with Gasteiger partial charge in [0.1, 0.15) is 12.0 Å². The quantitative estimate of drug-likeness (QED) is 0.669. The fraction of sp³-hybridized carbons (Fsp3) is 0.143. The smallest absolute Gasteiger partial charge is 0.226 e. The van der Waals surface area contributed by atoms with Gasteiger partial charge in [0.25, 0.3) is 0 Å². The number of nitrogens with zero attached hydrogens (tertiary/aromatic N) is 2. The molecule has 0 saturated carbocycles. The van der Waals surface area contributed by atoms with Crippen molar-refractivity contribution in [1.82, 2.24) is 4.31 Å². The van der Waals surface area contributed by atoms with Gasteiger partial charge in [-0.2, -0.15) is 9.57 Å². The third-order valence-electron chi connectivity index (χ3n) is 4.33. The fourth-order valence-corrected chi connectivity index (χ4v) is 3.48. The molecule has 3 aromatic rings. The molecule has 1 aromatic heterocycles. The largest absolute Gasteiger partial charge is 0.502 e. The Labute approximate surface area is 168 Å². The lowest BCUT2D eigenvalue weighted by atomic mass is 10.0. The Morgan fingerprint density at radius 2 is 1.62 bits per heavy atom. The predicted molar refractivity (Wildman–Crippen MR) is 107 cm³/mol. The molecule has 0 fully saturated rings. The molecule has 7 nitrogen and oxygen atoms in total. The fourth-order valence-electron chi connectivity index (χ4n) is 2.73. The first-order chi connectivity index (χ1) is 13.8. The molecule has 0 amide bonds. The number of hydrogen-bond acceptors (Lipinski definition) is 6. The molecule has 0 saturated heterocycles. The SMILES string of the molecule is CS(=O)(=O)N(Cc1ccc(-c2ccc(C#N)cc2)cc1)Cc1cc(=O)c(O)co1. The molecule has 0 aliphatic carbocycles. The Morgan fingerprint density at radius 1 is 1.03 bits per heavy atom. The van der Waals surface area contributed by atoms with Crippen LogP contribution in [-0.2, 0) is 23.1 Å². The van der Waals surface area contributed by atoms with Gasteiger partial charge in [-0.3, -0.25) is 4.79 Å². The predicted octanol–water partition coefficient (Wildman–Crippen LogP) is 2.85. The molecule has 0 aliphatic heterocycles. The van der Waals surface area contributed by atoms with Gasteiger partial charge in [-0.15, -0.1) is 0 Å². The summed E-state index contributed by atoms with van der Waals surface area (Å²) in [5.74, 6) is -0.398. The minimum atomic E-state index is -3.58. The highest BCUT2D eigenvalue weighted by molar-refractivity contribution is 7.88. The number of benzene rings is 2. The molecule has 3 rings (SSSR count). The van der Waals surface area contributed by atoms with Gasteiger partial charge in [0.2, 0.25) is 15.5 Å². The van der Waals surface area contributed by atoms with Crippen molar-refractivity contribution in [3.8, 4) is 22.9 Å². The summed E-state index contributed by atoms with van der Waals surface area (Å²) in [5, 5.41) is 18.1. The van der Waals surface area contributed by atoms with Gasteiger partial charge in [0.15, 0.2) is 5.75 Å². The van der Waals surface area contributed by atoms with Crippen LogP contribution in [0.3, 0.4) is 0 Å². The van der Waals surface area contributed by atoms with Gasteiger partial charge >= 0.3 is 0 Å². The highest BCUT2D eigenvalue weighted by Crippen LogP contribution is 2.22. The van der Waals surface area contributed by atoms with E-state index in [1.54, 1.807) is 12.1 Å². The molecule has 0 spiro atoms. The molecule has 2 aromatic carbocycles. The van der Waals surface area contributed by atoms with E-state index in [1.165, 1.54) is 4.31 Å². The van der Waals surface area contributed by atoms with Gasteiger partial charge in [-0.25, -0.2) is 8.42 Å². The second-order valence-corrected chi connectivity index (χ2v) is 8.50. The monoisotopic (exact) mass is 410 g/mol. The lowest BCUT2D eigenvalue weighted by Crippen LogP contribution is -2.29. The van der Waals surface area contributed by atoms with Crippen molar-refractivity contribution in [3.05, 3.63) is 88.0 Å². The van der Waals surface area contributed by atoms with Gasteiger partial charge < -0.3 is 9.52 Å². The van der Waals surface area contributed by atoms with Crippen molar-refractivity contribution in [1.29, 1.82) is 5.26 Å². The summed E-state index contributed by atoms with van der Waals surface area (Å²) in [4.78, 5) is 11.5. The average molecular weight is 410 g/mol. The summed E-state index contributed by atoms with van der Waals surface area (Å²) in [6.45, 7) is -0.0389. The Morgan fingerprint density at radius 3 is 2.14 bits per heavy atom. The van der Waals surface area contributed by atoms with Crippen LogP contribution in [0, 0.1) is 11.3 Å². The molecule has 0 radical (unpaired) electrons. The van der Waals surface area contributed by atoms with Gasteiger partial charge in [0.05, 0.1) is 24.4 Å². The van der Waals surface area contributed by atoms with Gasteiger partial charge in [0, 0.05) is 12.6 Å². The zero-order chi connectivity index (χ0) is 21.0. The molecule has 1 N–H and O–H groups in total. The van der Waals surface area contributed by atoms with Crippen LogP contribution in [-0.4, -0.2) is 24.1 Å². The summed E-state index contributed by atoms with van der Waals surface area (Å²) >= 11 is 0. The Kier molecular flexibility index (Phi) is 5.82. The highest BCUT2D eigenvalue weighted by atomic mass is 32.2. The zero-order valence-electron chi connectivity index (χ0n) is 15.6. The third-order valence-corrected chi connectivity index (χ3v) is 5.52. The zero-order valence-corrected chi connectivity index (χ0v) is 16.4. The standard InChI is InChI=1S/C21H18N2O5S/c1-29(26,27)23(13-19-10-20(24)21(25)14-28-19)12-16-4-8-18(9-5-16)17-6-2-15(11-22)3-7-17/h2-10,14,25H,12-13H2,1H3. The second kappa shape index (κ2) is 8.31. The van der Waals surface area contributed by atoms with E-state index in [9.17, 15) is 18.3 Å². The summed E-state index contributed by atoms with van der Waals surface area (Å²) < 4.78 is 30.6. The van der Waals surface area contributed by atoms with Crippen molar-refractivity contribution >= 4 is 10.0 Å². The molecular weight excluding hydrogens is 392 g/mol. The number of hydrogen-bond donors (Lipinski definition) is 1. The van der Waals surface area contributed by atoms with Crippen molar-refractivity contribution in [3.63, 3.8) is 0 Å². The molecule has 8 heteroatoms. The van der Waals surface area contributed by atoms with E-state index in [0.29, 0.717) is 5.56 Å². The summed E-state index contributed by atoms with van der Waals surface area (Å²) in [6, 6.07) is 17.7. The number of rotatable bonds is 6. The first-order valence-electron chi connectivity index (χ1n) is 8.61. The average Bonchev–Trinajstić information content (AvgIpc) is 2.70. The van der Waals surface area contributed by atoms with Gasteiger partial charge in [-0.05, 0) is 28.8 Å². The lowest BCUT2D eigenvalue weighted by molar-refractivity contribution is 0.345. The van der Waals surface area contributed by atoms with Crippen LogP contribution in [0.15, 0.2) is 70.1 Å². The van der Waals surface area contributed by atoms with E-state index in [-0.39, 0.29) is 18.8 Å². The number of sulfonamides is 1. The maximum atomic E-state index is 12.2. The molecule has 0 bridgehead atoms. The van der Waals surface area contributed by atoms with E-state index >= 15 is 0 Å². The van der Waals surface area contributed by atoms with Gasteiger partial charge in [-0.1, -0.05) is 36.4 Å². The Hall–Kier alpha value is -3.41. The summed E-state index contributed by atoms with van der Waals surface area (Å²) in [5.41, 5.74) is 2.59. The summed E-state index contributed by atoms with van der Waals surface area (Å²) in [7, 11) is -3.58. The number of nitriles is 1. The van der Waals surface area contributed by atoms with E-state index < -0.39 is 21.2 Å². The second-order valence-electron chi connectivity index (χ2n) is 6.51. The van der Waals surface area contributed by atoms with Crippen LogP contribution in [0.4, 0.5) is 0 Å². The maximum Gasteiger partial charge on any atom is 0.226 e. The van der Waals surface area contributed by atoms with Crippen molar-refractivity contribution < 1.29 is 17.9 Å². The van der Waals surface area contributed by atoms with Crippen LogP contribution in [0.2, 0.25) is 0 Å². The maximum absolute atomic E-state index is 12.2. The third kappa shape index (κ3) is 5.10. The summed E-state index contributed by atoms with van der Waals surface area (Å²) in [6.07, 6.45) is 1.97. The normalized spacial score (nSPS) is 11.3. The molecule has 0 atom stereocenters. The molecule has 1 heterocycles. The number of aromatic hydroxyl groups is 1. The van der Waals surface area contributed by atoms with E-state index in [0.717, 1.165) is 35.3 Å². The first-order valence-corrected chi connectivity index (χ1v) is 10.5. The Balaban J connectivity index is 1.79.